The van der Waals surface area contributed by atoms with Gasteiger partial charge in [-0.2, -0.15) is 0 Å². The van der Waals surface area contributed by atoms with E-state index in [-0.39, 0.29) is 5.92 Å². The Morgan fingerprint density at radius 1 is 1.31 bits per heavy atom. The summed E-state index contributed by atoms with van der Waals surface area (Å²) < 4.78 is 5.47. The molecule has 0 spiro atoms. The number of aryl methyl sites for hydroxylation is 2. The van der Waals surface area contributed by atoms with Crippen LogP contribution in [0, 0.1) is 18.3 Å². The van der Waals surface area contributed by atoms with Gasteiger partial charge < -0.3 is 14.7 Å². The van der Waals surface area contributed by atoms with Crippen LogP contribution in [0.1, 0.15) is 31.3 Å². The van der Waals surface area contributed by atoms with Crippen molar-refractivity contribution in [2.75, 3.05) is 44.3 Å². The third-order valence-corrected chi connectivity index (χ3v) is 6.33. The van der Waals surface area contributed by atoms with Crippen molar-refractivity contribution in [3.05, 3.63) is 17.6 Å². The number of hydrogen-bond acceptors (Lipinski definition) is 6. The highest BCUT2D eigenvalue weighted by atomic mass is 16.5. The minimum Gasteiger partial charge on any atom is -0.481 e. The first-order valence-corrected chi connectivity index (χ1v) is 9.66. The summed E-state index contributed by atoms with van der Waals surface area (Å²) in [6, 6.07) is 2.48. The van der Waals surface area contributed by atoms with Crippen LogP contribution in [0.15, 0.2) is 6.07 Å². The molecule has 0 radical (unpaired) electrons. The van der Waals surface area contributed by atoms with Crippen LogP contribution in [-0.4, -0.2) is 71.4 Å². The van der Waals surface area contributed by atoms with E-state index in [2.05, 4.69) is 26.7 Å². The average Bonchev–Trinajstić information content (AvgIpc) is 3.17. The van der Waals surface area contributed by atoms with E-state index in [4.69, 9.17) is 4.74 Å². The predicted octanol–water partition coefficient (Wildman–Crippen LogP) is 1.35. The van der Waals surface area contributed by atoms with E-state index in [1.165, 1.54) is 0 Å². The van der Waals surface area contributed by atoms with Gasteiger partial charge in [-0.05, 0) is 26.2 Å². The van der Waals surface area contributed by atoms with Gasteiger partial charge in [-0.25, -0.2) is 9.97 Å². The Morgan fingerprint density at radius 3 is 2.73 bits per heavy atom. The summed E-state index contributed by atoms with van der Waals surface area (Å²) in [5, 5.41) is 10.1. The predicted molar refractivity (Wildman–Crippen MR) is 97.3 cm³/mol. The highest BCUT2D eigenvalue weighted by Gasteiger charge is 2.58. The number of anilines is 1. The molecule has 1 aromatic heterocycles. The standard InChI is InChI=1S/C19H28N4O3/c1-3-15-8-17(21-13(2)20-15)23-10-14-9-22(16-4-6-26-7-5-16)11-19(14,12-23)18(24)25/h8,14,16H,3-7,9-12H2,1-2H3,(H,24,25). The van der Waals surface area contributed by atoms with Gasteiger partial charge in [0.25, 0.3) is 0 Å². The third kappa shape index (κ3) is 2.97. The van der Waals surface area contributed by atoms with Crippen molar-refractivity contribution in [1.82, 2.24) is 14.9 Å². The molecule has 2 unspecified atom stereocenters. The van der Waals surface area contributed by atoms with Crippen molar-refractivity contribution in [3.63, 3.8) is 0 Å². The number of likely N-dealkylation sites (tertiary alicyclic amines) is 1. The summed E-state index contributed by atoms with van der Waals surface area (Å²) in [6.07, 6.45) is 2.88. The van der Waals surface area contributed by atoms with Gasteiger partial charge in [0, 0.05) is 63.1 Å². The molecule has 0 aliphatic carbocycles. The van der Waals surface area contributed by atoms with E-state index in [1.54, 1.807) is 0 Å². The summed E-state index contributed by atoms with van der Waals surface area (Å²) in [4.78, 5) is 25.9. The molecule has 0 bridgehead atoms. The molecule has 0 amide bonds. The van der Waals surface area contributed by atoms with Gasteiger partial charge in [0.1, 0.15) is 17.1 Å². The van der Waals surface area contributed by atoms with Gasteiger partial charge in [0.05, 0.1) is 0 Å². The molecule has 3 saturated heterocycles. The molecule has 0 aromatic carbocycles. The van der Waals surface area contributed by atoms with Gasteiger partial charge in [-0.3, -0.25) is 9.69 Å². The molecule has 7 nitrogen and oxygen atoms in total. The van der Waals surface area contributed by atoms with E-state index in [0.717, 1.165) is 62.9 Å². The SMILES string of the molecule is CCc1cc(N2CC3CN(C4CCOCC4)CC3(C(=O)O)C2)nc(C)n1. The Morgan fingerprint density at radius 2 is 2.08 bits per heavy atom. The summed E-state index contributed by atoms with van der Waals surface area (Å²) in [7, 11) is 0. The molecule has 3 aliphatic heterocycles. The van der Waals surface area contributed by atoms with E-state index < -0.39 is 11.4 Å². The minimum atomic E-state index is -0.691. The van der Waals surface area contributed by atoms with Gasteiger partial charge >= 0.3 is 5.97 Å². The number of rotatable bonds is 4. The smallest absolute Gasteiger partial charge is 0.313 e. The highest BCUT2D eigenvalue weighted by Crippen LogP contribution is 2.45. The summed E-state index contributed by atoms with van der Waals surface area (Å²) >= 11 is 0. The number of hydrogen-bond donors (Lipinski definition) is 1. The quantitative estimate of drug-likeness (QED) is 0.868. The topological polar surface area (TPSA) is 78.8 Å². The fourth-order valence-corrected chi connectivity index (χ4v) is 4.86. The molecule has 4 rings (SSSR count). The molecule has 142 valence electrons. The zero-order valence-electron chi connectivity index (χ0n) is 15.6. The Bertz CT molecular complexity index is 691. The Kier molecular flexibility index (Phi) is 4.61. The lowest BCUT2D eigenvalue weighted by molar-refractivity contribution is -0.148. The second-order valence-corrected chi connectivity index (χ2v) is 7.93. The maximum Gasteiger partial charge on any atom is 0.313 e. The molecule has 26 heavy (non-hydrogen) atoms. The van der Waals surface area contributed by atoms with Crippen LogP contribution in [0.2, 0.25) is 0 Å². The van der Waals surface area contributed by atoms with Crippen molar-refractivity contribution >= 4 is 11.8 Å². The van der Waals surface area contributed by atoms with Crippen LogP contribution < -0.4 is 4.90 Å². The number of nitrogens with zero attached hydrogens (tertiary/aromatic N) is 4. The summed E-state index contributed by atoms with van der Waals surface area (Å²) in [5.41, 5.74) is 0.321. The van der Waals surface area contributed by atoms with Crippen LogP contribution in [0.5, 0.6) is 0 Å². The molecule has 1 aromatic rings. The van der Waals surface area contributed by atoms with Gasteiger partial charge in [0.2, 0.25) is 0 Å². The number of ether oxygens (including phenoxy) is 1. The lowest BCUT2D eigenvalue weighted by Gasteiger charge is -2.33. The Labute approximate surface area is 154 Å². The van der Waals surface area contributed by atoms with E-state index in [9.17, 15) is 9.90 Å². The second-order valence-electron chi connectivity index (χ2n) is 7.93. The molecule has 4 heterocycles. The fourth-order valence-electron chi connectivity index (χ4n) is 4.86. The third-order valence-electron chi connectivity index (χ3n) is 6.33. The molecule has 1 N–H and O–H groups in total. The molecule has 7 heteroatoms. The van der Waals surface area contributed by atoms with Crippen molar-refractivity contribution in [2.24, 2.45) is 11.3 Å². The monoisotopic (exact) mass is 360 g/mol. The zero-order chi connectivity index (χ0) is 18.3. The molecular formula is C19H28N4O3. The van der Waals surface area contributed by atoms with Gasteiger partial charge in [-0.15, -0.1) is 0 Å². The Hall–Kier alpha value is -1.73. The van der Waals surface area contributed by atoms with E-state index >= 15 is 0 Å². The van der Waals surface area contributed by atoms with Crippen molar-refractivity contribution < 1.29 is 14.6 Å². The lowest BCUT2D eigenvalue weighted by atomic mass is 9.81. The summed E-state index contributed by atoms with van der Waals surface area (Å²) in [6.45, 7) is 8.35. The average molecular weight is 360 g/mol. The number of carbonyl (C=O) groups is 1. The number of fused-ring (bicyclic) bond motifs is 1. The first kappa shape index (κ1) is 17.7. The maximum absolute atomic E-state index is 12.3. The number of aliphatic carboxylic acids is 1. The summed E-state index contributed by atoms with van der Waals surface area (Å²) in [5.74, 6) is 1.11. The normalized spacial score (nSPS) is 29.9. The lowest BCUT2D eigenvalue weighted by Crippen LogP contribution is -2.44. The van der Waals surface area contributed by atoms with Crippen LogP contribution >= 0.6 is 0 Å². The molecular weight excluding hydrogens is 332 g/mol. The Balaban J connectivity index is 1.55. The van der Waals surface area contributed by atoms with Crippen molar-refractivity contribution in [1.29, 1.82) is 0 Å². The number of aromatic nitrogens is 2. The number of carboxylic acid groups (broad SMARTS) is 1. The van der Waals surface area contributed by atoms with Gasteiger partial charge in [0.15, 0.2) is 0 Å². The first-order valence-electron chi connectivity index (χ1n) is 9.66. The molecule has 0 saturated carbocycles. The van der Waals surface area contributed by atoms with Gasteiger partial charge in [-0.1, -0.05) is 6.92 Å². The van der Waals surface area contributed by atoms with E-state index in [1.807, 2.05) is 13.0 Å². The van der Waals surface area contributed by atoms with Crippen LogP contribution in [0.25, 0.3) is 0 Å². The fraction of sp³-hybridized carbons (Fsp3) is 0.737. The van der Waals surface area contributed by atoms with Crippen molar-refractivity contribution in [2.45, 2.75) is 39.2 Å². The first-order chi connectivity index (χ1) is 12.5. The molecule has 3 aliphatic rings. The second kappa shape index (κ2) is 6.78. The van der Waals surface area contributed by atoms with Crippen LogP contribution in [-0.2, 0) is 16.0 Å². The largest absolute Gasteiger partial charge is 0.481 e. The van der Waals surface area contributed by atoms with Crippen molar-refractivity contribution in [3.8, 4) is 0 Å². The molecule has 2 atom stereocenters. The number of carboxylic acids is 1. The molecule has 3 fully saturated rings. The minimum absolute atomic E-state index is 0.142. The van der Waals surface area contributed by atoms with Crippen LogP contribution in [0.4, 0.5) is 5.82 Å². The van der Waals surface area contributed by atoms with E-state index in [0.29, 0.717) is 19.1 Å². The van der Waals surface area contributed by atoms with Crippen LogP contribution in [0.3, 0.4) is 0 Å². The highest BCUT2D eigenvalue weighted by molar-refractivity contribution is 5.78. The maximum atomic E-state index is 12.3. The zero-order valence-corrected chi connectivity index (χ0v) is 15.6.